The molecule has 1 heterocycles. The van der Waals surface area contributed by atoms with Crippen molar-refractivity contribution in [1.29, 1.82) is 0 Å². The van der Waals surface area contributed by atoms with E-state index in [1.54, 1.807) is 6.92 Å². The molecule has 0 N–H and O–H groups in total. The quantitative estimate of drug-likeness (QED) is 0.339. The molecule has 0 saturated carbocycles. The minimum atomic E-state index is 0.182. The number of carbonyl (C=O) groups is 1. The Morgan fingerprint density at radius 1 is 0.926 bits per heavy atom. The molecule has 0 aromatic carbocycles. The van der Waals surface area contributed by atoms with Crippen LogP contribution < -0.4 is 0 Å². The predicted molar refractivity (Wildman–Crippen MR) is 118 cm³/mol. The molecule has 0 spiro atoms. The summed E-state index contributed by atoms with van der Waals surface area (Å²) in [5.41, 5.74) is 0.226. The number of piperidine rings is 1. The summed E-state index contributed by atoms with van der Waals surface area (Å²) in [4.78, 5) is 16.1. The van der Waals surface area contributed by atoms with Crippen LogP contribution in [0.15, 0.2) is 0 Å². The number of likely N-dealkylation sites (tertiary alicyclic amines) is 1. The molecular weight excluding hydrogens is 332 g/mol. The number of carbonyl (C=O) groups excluding carboxylic acids is 1. The molecule has 0 radical (unpaired) electrons. The van der Waals surface area contributed by atoms with E-state index in [2.05, 4.69) is 25.7 Å². The van der Waals surface area contributed by atoms with Gasteiger partial charge >= 0.3 is 0 Å². The summed E-state index contributed by atoms with van der Waals surface area (Å²) in [6, 6.07) is 0. The standard InChI is InChI=1S/C24H48N2O/c1-6-7-8-9-10-11-12-13-14-15-18-26-19-16-23(17-20-26)24(3,4)21-25(5)22(2)27/h23H,6-21H2,1-5H3. The van der Waals surface area contributed by atoms with Crippen LogP contribution >= 0.6 is 0 Å². The maximum atomic E-state index is 11.5. The Hall–Kier alpha value is -0.570. The number of unbranched alkanes of at least 4 members (excludes halogenated alkanes) is 9. The van der Waals surface area contributed by atoms with Crippen LogP contribution in [0.25, 0.3) is 0 Å². The Kier molecular flexibility index (Phi) is 12.3. The zero-order valence-electron chi connectivity index (χ0n) is 19.2. The Morgan fingerprint density at radius 2 is 1.41 bits per heavy atom. The first-order chi connectivity index (χ1) is 12.9. The van der Waals surface area contributed by atoms with Crippen LogP contribution in [0, 0.1) is 11.3 Å². The lowest BCUT2D eigenvalue weighted by atomic mass is 9.73. The van der Waals surface area contributed by atoms with Gasteiger partial charge in [-0.25, -0.2) is 0 Å². The van der Waals surface area contributed by atoms with Gasteiger partial charge in [-0.2, -0.15) is 0 Å². The van der Waals surface area contributed by atoms with E-state index in [9.17, 15) is 4.79 Å². The highest BCUT2D eigenvalue weighted by atomic mass is 16.2. The minimum Gasteiger partial charge on any atom is -0.345 e. The number of rotatable bonds is 14. The maximum Gasteiger partial charge on any atom is 0.219 e. The van der Waals surface area contributed by atoms with Gasteiger partial charge in [-0.3, -0.25) is 4.79 Å². The van der Waals surface area contributed by atoms with Crippen molar-refractivity contribution in [3.8, 4) is 0 Å². The van der Waals surface area contributed by atoms with E-state index in [0.29, 0.717) is 0 Å². The molecular formula is C24H48N2O. The number of amides is 1. The second-order valence-electron chi connectivity index (χ2n) is 9.66. The van der Waals surface area contributed by atoms with Gasteiger partial charge in [0.15, 0.2) is 0 Å². The molecule has 1 fully saturated rings. The molecule has 0 aliphatic carbocycles. The largest absolute Gasteiger partial charge is 0.345 e. The third kappa shape index (κ3) is 10.5. The SMILES string of the molecule is CCCCCCCCCCCCN1CCC(C(C)(C)CN(C)C(C)=O)CC1. The van der Waals surface area contributed by atoms with Crippen LogP contribution in [-0.4, -0.2) is 48.9 Å². The van der Waals surface area contributed by atoms with E-state index in [4.69, 9.17) is 0 Å². The summed E-state index contributed by atoms with van der Waals surface area (Å²) in [6.07, 6.45) is 16.8. The fraction of sp³-hybridized carbons (Fsp3) is 0.958. The molecule has 27 heavy (non-hydrogen) atoms. The molecule has 0 bridgehead atoms. The van der Waals surface area contributed by atoms with Crippen molar-refractivity contribution >= 4 is 5.91 Å². The van der Waals surface area contributed by atoms with Crippen LogP contribution in [0.3, 0.4) is 0 Å². The van der Waals surface area contributed by atoms with Crippen molar-refractivity contribution < 1.29 is 4.79 Å². The Labute approximate surface area is 170 Å². The molecule has 0 aromatic rings. The van der Waals surface area contributed by atoms with E-state index in [1.807, 2.05) is 11.9 Å². The molecule has 1 aliphatic rings. The first-order valence-corrected chi connectivity index (χ1v) is 11.8. The Bertz CT molecular complexity index is 386. The third-order valence-corrected chi connectivity index (χ3v) is 6.70. The summed E-state index contributed by atoms with van der Waals surface area (Å²) in [7, 11) is 1.93. The van der Waals surface area contributed by atoms with Crippen molar-refractivity contribution in [3.05, 3.63) is 0 Å². The number of hydrogen-bond acceptors (Lipinski definition) is 2. The molecule has 3 nitrogen and oxygen atoms in total. The van der Waals surface area contributed by atoms with Crippen molar-refractivity contribution in [3.63, 3.8) is 0 Å². The van der Waals surface area contributed by atoms with Crippen LogP contribution in [-0.2, 0) is 4.79 Å². The van der Waals surface area contributed by atoms with Gasteiger partial charge < -0.3 is 9.80 Å². The Balaban J connectivity index is 2.06. The average molecular weight is 381 g/mol. The van der Waals surface area contributed by atoms with Crippen LogP contribution in [0.2, 0.25) is 0 Å². The van der Waals surface area contributed by atoms with Gasteiger partial charge in [0.05, 0.1) is 0 Å². The zero-order valence-corrected chi connectivity index (χ0v) is 19.2. The average Bonchev–Trinajstić information content (AvgIpc) is 2.63. The van der Waals surface area contributed by atoms with E-state index in [-0.39, 0.29) is 11.3 Å². The normalized spacial score (nSPS) is 16.6. The molecule has 0 atom stereocenters. The van der Waals surface area contributed by atoms with Crippen molar-refractivity contribution in [1.82, 2.24) is 9.80 Å². The highest BCUT2D eigenvalue weighted by Crippen LogP contribution is 2.35. The Morgan fingerprint density at radius 3 is 1.89 bits per heavy atom. The van der Waals surface area contributed by atoms with Crippen molar-refractivity contribution in [2.75, 3.05) is 33.2 Å². The van der Waals surface area contributed by atoms with E-state index < -0.39 is 0 Å². The first-order valence-electron chi connectivity index (χ1n) is 11.8. The van der Waals surface area contributed by atoms with E-state index >= 15 is 0 Å². The maximum absolute atomic E-state index is 11.5. The van der Waals surface area contributed by atoms with Crippen LogP contribution in [0.4, 0.5) is 0 Å². The summed E-state index contributed by atoms with van der Waals surface area (Å²) in [6.45, 7) is 13.3. The van der Waals surface area contributed by atoms with E-state index in [1.165, 1.54) is 96.7 Å². The lowest BCUT2D eigenvalue weighted by Gasteiger charge is -2.42. The summed E-state index contributed by atoms with van der Waals surface area (Å²) in [5.74, 6) is 0.921. The lowest BCUT2D eigenvalue weighted by molar-refractivity contribution is -0.129. The molecule has 1 aliphatic heterocycles. The van der Waals surface area contributed by atoms with Gasteiger partial charge in [0.2, 0.25) is 5.91 Å². The van der Waals surface area contributed by atoms with Gasteiger partial charge in [-0.05, 0) is 50.2 Å². The van der Waals surface area contributed by atoms with Gasteiger partial charge in [0, 0.05) is 20.5 Å². The second-order valence-corrected chi connectivity index (χ2v) is 9.66. The van der Waals surface area contributed by atoms with Gasteiger partial charge in [-0.15, -0.1) is 0 Å². The van der Waals surface area contributed by atoms with Gasteiger partial charge in [-0.1, -0.05) is 78.6 Å². The third-order valence-electron chi connectivity index (χ3n) is 6.70. The highest BCUT2D eigenvalue weighted by molar-refractivity contribution is 5.72. The second kappa shape index (κ2) is 13.6. The molecule has 1 amide bonds. The highest BCUT2D eigenvalue weighted by Gasteiger charge is 2.33. The molecule has 0 aromatic heterocycles. The molecule has 160 valence electrons. The summed E-state index contributed by atoms with van der Waals surface area (Å²) in [5, 5.41) is 0. The van der Waals surface area contributed by atoms with Crippen LogP contribution in [0.1, 0.15) is 105 Å². The zero-order chi connectivity index (χ0) is 20.1. The van der Waals surface area contributed by atoms with Gasteiger partial charge in [0.25, 0.3) is 0 Å². The van der Waals surface area contributed by atoms with Gasteiger partial charge in [0.1, 0.15) is 0 Å². The number of nitrogens with zero attached hydrogens (tertiary/aromatic N) is 2. The topological polar surface area (TPSA) is 23.6 Å². The van der Waals surface area contributed by atoms with Crippen molar-refractivity contribution in [2.45, 2.75) is 105 Å². The fourth-order valence-corrected chi connectivity index (χ4v) is 4.61. The summed E-state index contributed by atoms with van der Waals surface area (Å²) < 4.78 is 0. The smallest absolute Gasteiger partial charge is 0.219 e. The monoisotopic (exact) mass is 380 g/mol. The molecule has 3 heteroatoms. The molecule has 0 unspecified atom stereocenters. The summed E-state index contributed by atoms with van der Waals surface area (Å²) >= 11 is 0. The number of hydrogen-bond donors (Lipinski definition) is 0. The van der Waals surface area contributed by atoms with Crippen LogP contribution in [0.5, 0.6) is 0 Å². The van der Waals surface area contributed by atoms with Crippen molar-refractivity contribution in [2.24, 2.45) is 11.3 Å². The molecule has 1 rings (SSSR count). The lowest BCUT2D eigenvalue weighted by Crippen LogP contribution is -2.44. The molecule has 1 saturated heterocycles. The minimum absolute atomic E-state index is 0.182. The fourth-order valence-electron chi connectivity index (χ4n) is 4.61. The van der Waals surface area contributed by atoms with E-state index in [0.717, 1.165) is 12.5 Å². The first kappa shape index (κ1) is 24.5. The predicted octanol–water partition coefficient (Wildman–Crippen LogP) is 6.12.